The fourth-order valence-corrected chi connectivity index (χ4v) is 3.58. The van der Waals surface area contributed by atoms with Crippen molar-refractivity contribution in [2.24, 2.45) is 0 Å². The molecule has 0 saturated carbocycles. The maximum atomic E-state index is 12.5. The van der Waals surface area contributed by atoms with Crippen LogP contribution in [0.15, 0.2) is 47.5 Å². The van der Waals surface area contributed by atoms with Gasteiger partial charge >= 0.3 is 0 Å². The first kappa shape index (κ1) is 20.7. The van der Waals surface area contributed by atoms with Crippen LogP contribution in [0.3, 0.4) is 0 Å². The van der Waals surface area contributed by atoms with Crippen LogP contribution in [0, 0.1) is 6.92 Å². The van der Waals surface area contributed by atoms with Crippen molar-refractivity contribution in [3.8, 4) is 0 Å². The first-order chi connectivity index (χ1) is 12.7. The van der Waals surface area contributed by atoms with Crippen molar-refractivity contribution >= 4 is 27.5 Å². The predicted octanol–water partition coefficient (Wildman–Crippen LogP) is 2.63. The Bertz CT molecular complexity index is 907. The van der Waals surface area contributed by atoms with Crippen molar-refractivity contribution in [1.82, 2.24) is 9.29 Å². The van der Waals surface area contributed by atoms with Crippen LogP contribution < -0.4 is 5.32 Å². The molecule has 1 amide bonds. The number of aryl methyl sites for hydroxylation is 1. The zero-order chi connectivity index (χ0) is 20.0. The van der Waals surface area contributed by atoms with E-state index in [1.54, 1.807) is 12.3 Å². The van der Waals surface area contributed by atoms with Crippen LogP contribution in [-0.2, 0) is 14.8 Å². The van der Waals surface area contributed by atoms with E-state index in [4.69, 9.17) is 0 Å². The van der Waals surface area contributed by atoms with Gasteiger partial charge in [0.25, 0.3) is 0 Å². The van der Waals surface area contributed by atoms with E-state index in [1.807, 2.05) is 13.0 Å². The number of carbonyl (C=O) groups is 2. The van der Waals surface area contributed by atoms with Crippen molar-refractivity contribution < 1.29 is 18.0 Å². The lowest BCUT2D eigenvalue weighted by molar-refractivity contribution is -0.116. The molecule has 2 rings (SSSR count). The molecule has 2 aromatic rings. The lowest BCUT2D eigenvalue weighted by Crippen LogP contribution is -2.28. The van der Waals surface area contributed by atoms with Gasteiger partial charge in [-0.2, -0.15) is 0 Å². The van der Waals surface area contributed by atoms with Crippen LogP contribution in [0.4, 0.5) is 5.82 Å². The largest absolute Gasteiger partial charge is 0.311 e. The van der Waals surface area contributed by atoms with Crippen LogP contribution in [-0.4, -0.2) is 43.0 Å². The van der Waals surface area contributed by atoms with Gasteiger partial charge in [0, 0.05) is 31.8 Å². The van der Waals surface area contributed by atoms with E-state index in [1.165, 1.54) is 42.5 Å². The highest BCUT2D eigenvalue weighted by atomic mass is 32.2. The molecule has 27 heavy (non-hydrogen) atoms. The normalized spacial score (nSPS) is 11.4. The molecule has 8 heteroatoms. The van der Waals surface area contributed by atoms with E-state index in [0.29, 0.717) is 17.8 Å². The Morgan fingerprint density at radius 3 is 2.33 bits per heavy atom. The summed E-state index contributed by atoms with van der Waals surface area (Å²) in [6.45, 7) is 3.53. The molecule has 1 aromatic carbocycles. The molecule has 0 saturated heterocycles. The van der Waals surface area contributed by atoms with Crippen molar-refractivity contribution in [1.29, 1.82) is 0 Å². The van der Waals surface area contributed by atoms with Crippen LogP contribution in [0.25, 0.3) is 0 Å². The molecule has 1 N–H and O–H groups in total. The maximum absolute atomic E-state index is 12.5. The van der Waals surface area contributed by atoms with Crippen LogP contribution in [0.5, 0.6) is 0 Å². The van der Waals surface area contributed by atoms with Gasteiger partial charge in [0.15, 0.2) is 5.78 Å². The number of amides is 1. The molecule has 0 fully saturated rings. The summed E-state index contributed by atoms with van der Waals surface area (Å²) in [7, 11) is -2.20. The minimum Gasteiger partial charge on any atom is -0.311 e. The third-order valence-electron chi connectivity index (χ3n) is 4.02. The molecule has 1 aromatic heterocycles. The number of hydrogen-bond acceptors (Lipinski definition) is 5. The molecule has 0 unspecified atom stereocenters. The number of nitrogens with zero attached hydrogens (tertiary/aromatic N) is 2. The fourth-order valence-electron chi connectivity index (χ4n) is 2.37. The fraction of sp³-hybridized carbons (Fsp3) is 0.316. The van der Waals surface area contributed by atoms with E-state index in [9.17, 15) is 18.0 Å². The zero-order valence-corrected chi connectivity index (χ0v) is 16.4. The Morgan fingerprint density at radius 1 is 1.11 bits per heavy atom. The Balaban J connectivity index is 1.88. The molecule has 0 radical (unpaired) electrons. The Hall–Kier alpha value is -2.58. The van der Waals surface area contributed by atoms with Gasteiger partial charge in [-0.1, -0.05) is 18.2 Å². The van der Waals surface area contributed by atoms with Crippen LogP contribution >= 0.6 is 0 Å². The summed E-state index contributed by atoms with van der Waals surface area (Å²) in [5.41, 5.74) is 1.45. The average Bonchev–Trinajstić information content (AvgIpc) is 2.63. The number of Topliss-reactive ketones (excluding diaryl/α,β-unsaturated/α-hetero) is 1. The number of rotatable bonds is 8. The SMILES string of the molecule is CC(=O)c1ccc(S(=O)(=O)N(C)CCCC(=O)Nc2ccc(C)cn2)cc1. The number of carbonyl (C=O) groups excluding carboxylic acids is 2. The van der Waals surface area contributed by atoms with Crippen molar-refractivity contribution in [3.63, 3.8) is 0 Å². The third kappa shape index (κ3) is 5.70. The third-order valence-corrected chi connectivity index (χ3v) is 5.90. The number of aromatic nitrogens is 1. The summed E-state index contributed by atoms with van der Waals surface area (Å²) >= 11 is 0. The van der Waals surface area contributed by atoms with Gasteiger partial charge < -0.3 is 5.32 Å². The second kappa shape index (κ2) is 8.88. The quantitative estimate of drug-likeness (QED) is 0.700. The molecule has 0 aliphatic rings. The van der Waals surface area contributed by atoms with Gasteiger partial charge in [-0.3, -0.25) is 9.59 Å². The highest BCUT2D eigenvalue weighted by Crippen LogP contribution is 2.16. The number of nitrogens with one attached hydrogen (secondary N) is 1. The standard InChI is InChI=1S/C19H23N3O4S/c1-14-6-11-18(20-13-14)21-19(24)5-4-12-22(3)27(25,26)17-9-7-16(8-10-17)15(2)23/h6-11,13H,4-5,12H2,1-3H3,(H,20,21,24). The Kier molecular flexibility index (Phi) is 6.81. The van der Waals surface area contributed by atoms with Gasteiger partial charge in [0.1, 0.15) is 5.82 Å². The molecule has 0 aliphatic heterocycles. The Morgan fingerprint density at radius 2 is 1.78 bits per heavy atom. The van der Waals surface area contributed by atoms with E-state index in [2.05, 4.69) is 10.3 Å². The second-order valence-electron chi connectivity index (χ2n) is 6.28. The zero-order valence-electron chi connectivity index (χ0n) is 15.6. The number of sulfonamides is 1. The van der Waals surface area contributed by atoms with Gasteiger partial charge in [-0.15, -0.1) is 0 Å². The van der Waals surface area contributed by atoms with E-state index >= 15 is 0 Å². The van der Waals surface area contributed by atoms with Gasteiger partial charge in [0.05, 0.1) is 4.90 Å². The summed E-state index contributed by atoms with van der Waals surface area (Å²) < 4.78 is 26.3. The molecular formula is C19H23N3O4S. The number of anilines is 1. The predicted molar refractivity (Wildman–Crippen MR) is 103 cm³/mol. The topological polar surface area (TPSA) is 96.4 Å². The smallest absolute Gasteiger partial charge is 0.242 e. The molecule has 0 spiro atoms. The minimum absolute atomic E-state index is 0.114. The molecule has 1 heterocycles. The van der Waals surface area contributed by atoms with Crippen LogP contribution in [0.1, 0.15) is 35.7 Å². The van der Waals surface area contributed by atoms with Crippen LogP contribution in [0.2, 0.25) is 0 Å². The Labute approximate surface area is 159 Å². The second-order valence-corrected chi connectivity index (χ2v) is 8.32. The number of ketones is 1. The average molecular weight is 389 g/mol. The van der Waals surface area contributed by atoms with Crippen molar-refractivity contribution in [2.75, 3.05) is 18.9 Å². The number of hydrogen-bond donors (Lipinski definition) is 1. The minimum atomic E-state index is -3.67. The molecule has 7 nitrogen and oxygen atoms in total. The van der Waals surface area contributed by atoms with Gasteiger partial charge in [0.2, 0.25) is 15.9 Å². The van der Waals surface area contributed by atoms with Gasteiger partial charge in [-0.25, -0.2) is 17.7 Å². The molecule has 0 atom stereocenters. The lowest BCUT2D eigenvalue weighted by Gasteiger charge is -2.17. The number of pyridine rings is 1. The molecule has 144 valence electrons. The van der Waals surface area contributed by atoms with E-state index in [0.717, 1.165) is 5.56 Å². The summed E-state index contributed by atoms with van der Waals surface area (Å²) in [5, 5.41) is 2.68. The summed E-state index contributed by atoms with van der Waals surface area (Å²) in [6.07, 6.45) is 2.21. The summed E-state index contributed by atoms with van der Waals surface area (Å²) in [5.74, 6) is 0.126. The molecule has 0 aliphatic carbocycles. The maximum Gasteiger partial charge on any atom is 0.242 e. The summed E-state index contributed by atoms with van der Waals surface area (Å²) in [4.78, 5) is 27.5. The van der Waals surface area contributed by atoms with Gasteiger partial charge in [-0.05, 0) is 44.0 Å². The summed E-state index contributed by atoms with van der Waals surface area (Å²) in [6, 6.07) is 9.38. The molecule has 0 bridgehead atoms. The first-order valence-electron chi connectivity index (χ1n) is 8.50. The lowest BCUT2D eigenvalue weighted by atomic mass is 10.2. The van der Waals surface area contributed by atoms with Crippen molar-refractivity contribution in [2.45, 2.75) is 31.6 Å². The van der Waals surface area contributed by atoms with Crippen molar-refractivity contribution in [3.05, 3.63) is 53.7 Å². The van der Waals surface area contributed by atoms with E-state index < -0.39 is 10.0 Å². The van der Waals surface area contributed by atoms with E-state index in [-0.39, 0.29) is 29.6 Å². The first-order valence-corrected chi connectivity index (χ1v) is 9.94. The highest BCUT2D eigenvalue weighted by Gasteiger charge is 2.20. The highest BCUT2D eigenvalue weighted by molar-refractivity contribution is 7.89. The molecular weight excluding hydrogens is 366 g/mol. The monoisotopic (exact) mass is 389 g/mol. The number of benzene rings is 1.